The largest absolute Gasteiger partial charge is 0.433 e. The number of carbonyl (C=O) groups is 2. The number of hydrogen-bond acceptors (Lipinski definition) is 3. The van der Waals surface area contributed by atoms with Gasteiger partial charge in [0.05, 0.1) is 24.5 Å². The quantitative estimate of drug-likeness (QED) is 0.651. The van der Waals surface area contributed by atoms with E-state index in [0.29, 0.717) is 5.56 Å². The third-order valence-electron chi connectivity index (χ3n) is 5.00. The van der Waals surface area contributed by atoms with Crippen LogP contribution in [-0.4, -0.2) is 40.8 Å². The van der Waals surface area contributed by atoms with Crippen LogP contribution in [0, 0.1) is 11.7 Å². The van der Waals surface area contributed by atoms with Crippen molar-refractivity contribution in [1.82, 2.24) is 9.88 Å². The van der Waals surface area contributed by atoms with Crippen molar-refractivity contribution in [2.24, 2.45) is 5.92 Å². The molecule has 0 N–H and O–H groups in total. The van der Waals surface area contributed by atoms with Gasteiger partial charge in [-0.05, 0) is 35.7 Å². The molecule has 1 atom stereocenters. The zero-order valence-electron chi connectivity index (χ0n) is 16.5. The van der Waals surface area contributed by atoms with Gasteiger partial charge >= 0.3 is 12.2 Å². The van der Waals surface area contributed by atoms with E-state index in [1.54, 1.807) is 6.07 Å². The van der Waals surface area contributed by atoms with Gasteiger partial charge in [-0.15, -0.1) is 0 Å². The molecule has 30 heavy (non-hydrogen) atoms. The molecule has 1 aromatic carbocycles. The number of rotatable bonds is 6. The van der Waals surface area contributed by atoms with E-state index in [4.69, 9.17) is 0 Å². The lowest BCUT2D eigenvalue weighted by atomic mass is 10.0. The second-order valence-corrected chi connectivity index (χ2v) is 7.58. The fourth-order valence-electron chi connectivity index (χ4n) is 3.47. The molecule has 2 amide bonds. The number of carbonyl (C=O) groups excluding carboxylic acids is 2. The number of anilines is 1. The highest BCUT2D eigenvalue weighted by atomic mass is 19.4. The van der Waals surface area contributed by atoms with E-state index in [1.807, 2.05) is 13.8 Å². The van der Waals surface area contributed by atoms with Crippen molar-refractivity contribution >= 4 is 17.5 Å². The maximum Gasteiger partial charge on any atom is 0.433 e. The zero-order chi connectivity index (χ0) is 22.1. The van der Waals surface area contributed by atoms with E-state index in [-0.39, 0.29) is 42.9 Å². The average molecular weight is 423 g/mol. The maximum absolute atomic E-state index is 13.3. The lowest BCUT2D eigenvalue weighted by Crippen LogP contribution is -2.41. The Hall–Kier alpha value is -2.97. The smallest absolute Gasteiger partial charge is 0.312 e. The number of ketones is 1. The molecule has 0 spiro atoms. The Bertz CT molecular complexity index is 929. The molecule has 0 aliphatic carbocycles. The minimum Gasteiger partial charge on any atom is -0.312 e. The van der Waals surface area contributed by atoms with Crippen molar-refractivity contribution in [3.05, 3.63) is 59.7 Å². The Labute approximate surface area is 171 Å². The summed E-state index contributed by atoms with van der Waals surface area (Å²) in [6.07, 6.45) is -3.58. The first-order valence-electron chi connectivity index (χ1n) is 9.44. The molecule has 1 fully saturated rings. The van der Waals surface area contributed by atoms with Crippen molar-refractivity contribution < 1.29 is 27.2 Å². The highest BCUT2D eigenvalue weighted by molar-refractivity contribution is 5.97. The molecule has 1 aliphatic rings. The Morgan fingerprint density at radius 3 is 2.53 bits per heavy atom. The van der Waals surface area contributed by atoms with Gasteiger partial charge in [-0.25, -0.2) is 14.2 Å². The van der Waals surface area contributed by atoms with Gasteiger partial charge in [-0.1, -0.05) is 26.0 Å². The summed E-state index contributed by atoms with van der Waals surface area (Å²) in [4.78, 5) is 31.6. The molecule has 1 aromatic heterocycles. The van der Waals surface area contributed by atoms with Crippen LogP contribution in [0.25, 0.3) is 0 Å². The Balaban J connectivity index is 1.75. The third kappa shape index (κ3) is 4.77. The topological polar surface area (TPSA) is 53.5 Å². The van der Waals surface area contributed by atoms with Gasteiger partial charge in [0, 0.05) is 13.0 Å². The Morgan fingerprint density at radius 1 is 1.23 bits per heavy atom. The van der Waals surface area contributed by atoms with Gasteiger partial charge in [0.1, 0.15) is 11.5 Å². The van der Waals surface area contributed by atoms with Gasteiger partial charge in [0.25, 0.3) is 0 Å². The van der Waals surface area contributed by atoms with Gasteiger partial charge in [0.15, 0.2) is 5.78 Å². The first-order chi connectivity index (χ1) is 14.1. The minimum atomic E-state index is -4.57. The second-order valence-electron chi connectivity index (χ2n) is 7.58. The van der Waals surface area contributed by atoms with Crippen LogP contribution in [0.5, 0.6) is 0 Å². The summed E-state index contributed by atoms with van der Waals surface area (Å²) in [6, 6.07) is 6.95. The number of Topliss-reactive ketones (excluding diaryl/α,β-unsaturated/α-hetero) is 1. The van der Waals surface area contributed by atoms with Gasteiger partial charge in [-0.3, -0.25) is 9.69 Å². The SMILES string of the molecule is CC(C)[C@H]1CN(c2ccc(C(F)(F)F)nc2)C(=O)N1CC(=O)Cc1cccc(F)c1. The number of urea groups is 1. The molecule has 0 saturated carbocycles. The lowest BCUT2D eigenvalue weighted by molar-refractivity contribution is -0.141. The molecule has 2 aromatic rings. The summed E-state index contributed by atoms with van der Waals surface area (Å²) in [6.45, 7) is 3.87. The van der Waals surface area contributed by atoms with Crippen molar-refractivity contribution in [2.45, 2.75) is 32.5 Å². The number of halogens is 4. The zero-order valence-corrected chi connectivity index (χ0v) is 16.5. The van der Waals surface area contributed by atoms with Crippen molar-refractivity contribution in [3.8, 4) is 0 Å². The van der Waals surface area contributed by atoms with Crippen molar-refractivity contribution in [1.29, 1.82) is 0 Å². The molecule has 0 unspecified atom stereocenters. The van der Waals surface area contributed by atoms with E-state index in [2.05, 4.69) is 4.98 Å². The molecule has 2 heterocycles. The second kappa shape index (κ2) is 8.41. The van der Waals surface area contributed by atoms with Crippen LogP contribution in [0.1, 0.15) is 25.1 Å². The van der Waals surface area contributed by atoms with Gasteiger partial charge in [0.2, 0.25) is 0 Å². The summed E-state index contributed by atoms with van der Waals surface area (Å²) in [5.74, 6) is -0.686. The van der Waals surface area contributed by atoms with E-state index in [0.717, 1.165) is 12.3 Å². The van der Waals surface area contributed by atoms with E-state index >= 15 is 0 Å². The predicted molar refractivity (Wildman–Crippen MR) is 102 cm³/mol. The first-order valence-corrected chi connectivity index (χ1v) is 9.44. The summed E-state index contributed by atoms with van der Waals surface area (Å²) in [5.41, 5.74) is -0.296. The Morgan fingerprint density at radius 2 is 1.97 bits per heavy atom. The predicted octanol–water partition coefficient (Wildman–Crippen LogP) is 4.32. The maximum atomic E-state index is 13.3. The normalized spacial score (nSPS) is 17.2. The highest BCUT2D eigenvalue weighted by Gasteiger charge is 2.41. The Kier molecular flexibility index (Phi) is 6.09. The summed E-state index contributed by atoms with van der Waals surface area (Å²) in [7, 11) is 0. The van der Waals surface area contributed by atoms with Crippen molar-refractivity contribution in [3.63, 3.8) is 0 Å². The van der Waals surface area contributed by atoms with Gasteiger partial charge in [-0.2, -0.15) is 13.2 Å². The average Bonchev–Trinajstić information content (AvgIpc) is 2.98. The fourth-order valence-corrected chi connectivity index (χ4v) is 3.47. The number of benzene rings is 1. The molecule has 9 heteroatoms. The molecule has 3 rings (SSSR count). The third-order valence-corrected chi connectivity index (χ3v) is 5.00. The number of aromatic nitrogens is 1. The molecule has 0 bridgehead atoms. The number of amides is 2. The molecular formula is C21H21F4N3O2. The van der Waals surface area contributed by atoms with E-state index in [9.17, 15) is 27.2 Å². The molecule has 1 aliphatic heterocycles. The van der Waals surface area contributed by atoms with Crippen LogP contribution in [0.2, 0.25) is 0 Å². The first kappa shape index (κ1) is 21.7. The summed E-state index contributed by atoms with van der Waals surface area (Å²) >= 11 is 0. The van der Waals surface area contributed by atoms with Crippen LogP contribution >= 0.6 is 0 Å². The molecule has 1 saturated heterocycles. The summed E-state index contributed by atoms with van der Waals surface area (Å²) < 4.78 is 51.6. The molecule has 160 valence electrons. The monoisotopic (exact) mass is 423 g/mol. The molecular weight excluding hydrogens is 402 g/mol. The number of nitrogens with zero attached hydrogens (tertiary/aromatic N) is 3. The fraction of sp³-hybridized carbons (Fsp3) is 0.381. The van der Waals surface area contributed by atoms with E-state index < -0.39 is 23.7 Å². The van der Waals surface area contributed by atoms with Crippen LogP contribution in [-0.2, 0) is 17.4 Å². The number of alkyl halides is 3. The van der Waals surface area contributed by atoms with Crippen LogP contribution < -0.4 is 4.90 Å². The number of pyridine rings is 1. The van der Waals surface area contributed by atoms with Crippen molar-refractivity contribution in [2.75, 3.05) is 18.0 Å². The summed E-state index contributed by atoms with van der Waals surface area (Å²) in [5, 5.41) is 0. The van der Waals surface area contributed by atoms with Crippen LogP contribution in [0.15, 0.2) is 42.6 Å². The van der Waals surface area contributed by atoms with Crippen LogP contribution in [0.4, 0.5) is 28.0 Å². The van der Waals surface area contributed by atoms with Gasteiger partial charge < -0.3 is 4.90 Å². The lowest BCUT2D eigenvalue weighted by Gasteiger charge is -2.25. The number of hydrogen-bond donors (Lipinski definition) is 0. The van der Waals surface area contributed by atoms with Crippen LogP contribution in [0.3, 0.4) is 0 Å². The highest BCUT2D eigenvalue weighted by Crippen LogP contribution is 2.31. The molecule has 5 nitrogen and oxygen atoms in total. The minimum absolute atomic E-state index is 0.0170. The molecule has 0 radical (unpaired) electrons. The van der Waals surface area contributed by atoms with E-state index in [1.165, 1.54) is 34.1 Å². The standard InChI is InChI=1S/C21H21F4N3O2/c1-13(2)18-12-27(16-6-7-19(26-10-16)21(23,24)25)20(30)28(18)11-17(29)9-14-4-3-5-15(22)8-14/h3-8,10,13,18H,9,11-12H2,1-2H3/t18-/m1/s1.